The second-order valence-corrected chi connectivity index (χ2v) is 3.82. The molecule has 1 aromatic rings. The summed E-state index contributed by atoms with van der Waals surface area (Å²) >= 11 is 3.10. The number of nitrogens with two attached hydrogens (primary N) is 1. The van der Waals surface area contributed by atoms with Gasteiger partial charge in [0.1, 0.15) is 5.75 Å². The van der Waals surface area contributed by atoms with Crippen molar-refractivity contribution in [1.82, 2.24) is 0 Å². The van der Waals surface area contributed by atoms with Gasteiger partial charge in [0.05, 0.1) is 0 Å². The lowest BCUT2D eigenvalue weighted by atomic mass is 10.2. The van der Waals surface area contributed by atoms with E-state index in [0.717, 1.165) is 0 Å². The molecule has 2 nitrogen and oxygen atoms in total. The minimum atomic E-state index is -4.68. The maximum Gasteiger partial charge on any atom is 0.573 e. The average Bonchev–Trinajstić information content (AvgIpc) is 2.10. The SMILES string of the molecule is NCC=Cc1cc(Br)cc(OC(F)(F)F)c1. The third-order valence-corrected chi connectivity index (χ3v) is 2.03. The van der Waals surface area contributed by atoms with Crippen LogP contribution in [0, 0.1) is 0 Å². The van der Waals surface area contributed by atoms with Crippen LogP contribution in [0.25, 0.3) is 6.08 Å². The summed E-state index contributed by atoms with van der Waals surface area (Å²) in [7, 11) is 0. The van der Waals surface area contributed by atoms with Gasteiger partial charge >= 0.3 is 6.36 Å². The van der Waals surface area contributed by atoms with Crippen molar-refractivity contribution >= 4 is 22.0 Å². The number of rotatable bonds is 3. The van der Waals surface area contributed by atoms with Gasteiger partial charge < -0.3 is 10.5 Å². The lowest BCUT2D eigenvalue weighted by molar-refractivity contribution is -0.274. The van der Waals surface area contributed by atoms with Gasteiger partial charge in [-0.3, -0.25) is 0 Å². The van der Waals surface area contributed by atoms with Crippen molar-refractivity contribution in [3.05, 3.63) is 34.3 Å². The van der Waals surface area contributed by atoms with Crippen LogP contribution in [-0.4, -0.2) is 12.9 Å². The van der Waals surface area contributed by atoms with Crippen LogP contribution in [0.3, 0.4) is 0 Å². The molecule has 0 aromatic heterocycles. The third kappa shape index (κ3) is 4.67. The second kappa shape index (κ2) is 5.36. The molecule has 0 amide bonds. The fourth-order valence-corrected chi connectivity index (χ4v) is 1.57. The Labute approximate surface area is 99.0 Å². The van der Waals surface area contributed by atoms with Crippen molar-refractivity contribution in [3.63, 3.8) is 0 Å². The smallest absolute Gasteiger partial charge is 0.406 e. The van der Waals surface area contributed by atoms with Crippen molar-refractivity contribution in [1.29, 1.82) is 0 Å². The van der Waals surface area contributed by atoms with Crippen molar-refractivity contribution in [2.45, 2.75) is 6.36 Å². The van der Waals surface area contributed by atoms with Gasteiger partial charge in [0.25, 0.3) is 0 Å². The zero-order valence-corrected chi connectivity index (χ0v) is 9.68. The monoisotopic (exact) mass is 295 g/mol. The molecule has 88 valence electrons. The molecule has 0 saturated heterocycles. The lowest BCUT2D eigenvalue weighted by Crippen LogP contribution is -2.17. The number of ether oxygens (including phenoxy) is 1. The molecule has 0 radical (unpaired) electrons. The Morgan fingerprint density at radius 2 is 2.00 bits per heavy atom. The van der Waals surface area contributed by atoms with Gasteiger partial charge in [-0.25, -0.2) is 0 Å². The van der Waals surface area contributed by atoms with Gasteiger partial charge in [0, 0.05) is 11.0 Å². The lowest BCUT2D eigenvalue weighted by Gasteiger charge is -2.09. The van der Waals surface area contributed by atoms with Crippen LogP contribution in [-0.2, 0) is 0 Å². The predicted molar refractivity (Wildman–Crippen MR) is 58.9 cm³/mol. The van der Waals surface area contributed by atoms with Gasteiger partial charge in [-0.15, -0.1) is 13.2 Å². The fourth-order valence-electron chi connectivity index (χ4n) is 1.08. The molecular formula is C10H9BrF3NO. The highest BCUT2D eigenvalue weighted by Crippen LogP contribution is 2.27. The molecule has 0 bridgehead atoms. The predicted octanol–water partition coefficient (Wildman–Crippen LogP) is 3.32. The Morgan fingerprint density at radius 1 is 1.31 bits per heavy atom. The molecule has 16 heavy (non-hydrogen) atoms. The Hall–Kier alpha value is -1.01. The summed E-state index contributed by atoms with van der Waals surface area (Å²) in [6.07, 6.45) is -1.43. The molecule has 1 aromatic carbocycles. The quantitative estimate of drug-likeness (QED) is 0.928. The number of halogens is 4. The van der Waals surface area contributed by atoms with E-state index in [1.54, 1.807) is 18.2 Å². The first-order chi connectivity index (χ1) is 7.40. The topological polar surface area (TPSA) is 35.2 Å². The first-order valence-electron chi connectivity index (χ1n) is 4.33. The molecule has 0 atom stereocenters. The van der Waals surface area contributed by atoms with Crippen LogP contribution in [0.4, 0.5) is 13.2 Å². The van der Waals surface area contributed by atoms with E-state index in [0.29, 0.717) is 16.6 Å². The van der Waals surface area contributed by atoms with E-state index in [2.05, 4.69) is 20.7 Å². The van der Waals surface area contributed by atoms with E-state index in [1.807, 2.05) is 0 Å². The zero-order valence-electron chi connectivity index (χ0n) is 8.09. The molecule has 0 aliphatic rings. The van der Waals surface area contributed by atoms with Gasteiger partial charge in [0.15, 0.2) is 0 Å². The summed E-state index contributed by atoms with van der Waals surface area (Å²) in [5.74, 6) is -0.265. The van der Waals surface area contributed by atoms with Crippen LogP contribution in [0.15, 0.2) is 28.7 Å². The summed E-state index contributed by atoms with van der Waals surface area (Å²) in [6, 6.07) is 4.19. The van der Waals surface area contributed by atoms with Crippen molar-refractivity contribution < 1.29 is 17.9 Å². The molecule has 0 aliphatic carbocycles. The molecule has 0 heterocycles. The normalized spacial score (nSPS) is 12.1. The standard InChI is InChI=1S/C10H9BrF3NO/c11-8-4-7(2-1-3-15)5-9(6-8)16-10(12,13)14/h1-2,4-6H,3,15H2. The number of hydrogen-bond acceptors (Lipinski definition) is 2. The van der Waals surface area contributed by atoms with E-state index in [-0.39, 0.29) is 5.75 Å². The Bertz CT molecular complexity index is 390. The molecule has 0 spiro atoms. The molecule has 0 aliphatic heterocycles. The summed E-state index contributed by atoms with van der Waals surface area (Å²) < 4.78 is 40.3. The highest BCUT2D eigenvalue weighted by atomic mass is 79.9. The van der Waals surface area contributed by atoms with Crippen molar-refractivity contribution in [2.24, 2.45) is 5.73 Å². The maximum atomic E-state index is 12.0. The fraction of sp³-hybridized carbons (Fsp3) is 0.200. The molecule has 0 unspecified atom stereocenters. The van der Waals surface area contributed by atoms with E-state index < -0.39 is 6.36 Å². The second-order valence-electron chi connectivity index (χ2n) is 2.91. The van der Waals surface area contributed by atoms with Crippen LogP contribution >= 0.6 is 15.9 Å². The van der Waals surface area contributed by atoms with Crippen LogP contribution < -0.4 is 10.5 Å². The minimum absolute atomic E-state index is 0.265. The number of alkyl halides is 3. The van der Waals surface area contributed by atoms with Crippen LogP contribution in [0.2, 0.25) is 0 Å². The first-order valence-corrected chi connectivity index (χ1v) is 5.13. The van der Waals surface area contributed by atoms with Crippen LogP contribution in [0.1, 0.15) is 5.56 Å². The van der Waals surface area contributed by atoms with E-state index in [4.69, 9.17) is 5.73 Å². The van der Waals surface area contributed by atoms with Crippen molar-refractivity contribution in [2.75, 3.05) is 6.54 Å². The Balaban J connectivity index is 2.94. The Morgan fingerprint density at radius 3 is 2.56 bits per heavy atom. The molecule has 0 saturated carbocycles. The van der Waals surface area contributed by atoms with Gasteiger partial charge in [-0.1, -0.05) is 28.1 Å². The third-order valence-electron chi connectivity index (χ3n) is 1.57. The zero-order chi connectivity index (χ0) is 12.2. The van der Waals surface area contributed by atoms with Crippen LogP contribution in [0.5, 0.6) is 5.75 Å². The van der Waals surface area contributed by atoms with Gasteiger partial charge in [-0.05, 0) is 23.8 Å². The molecule has 2 N–H and O–H groups in total. The average molecular weight is 296 g/mol. The van der Waals surface area contributed by atoms with Crippen molar-refractivity contribution in [3.8, 4) is 5.75 Å². The number of hydrogen-bond donors (Lipinski definition) is 1. The summed E-state index contributed by atoms with van der Waals surface area (Å²) in [5.41, 5.74) is 5.83. The highest BCUT2D eigenvalue weighted by molar-refractivity contribution is 9.10. The number of benzene rings is 1. The first kappa shape index (κ1) is 13.1. The van der Waals surface area contributed by atoms with Gasteiger partial charge in [0.2, 0.25) is 0 Å². The maximum absolute atomic E-state index is 12.0. The summed E-state index contributed by atoms with van der Waals surface area (Å²) in [6.45, 7) is 0.321. The van der Waals surface area contributed by atoms with E-state index >= 15 is 0 Å². The molecule has 1 rings (SSSR count). The molecule has 6 heteroatoms. The van der Waals surface area contributed by atoms with E-state index in [9.17, 15) is 13.2 Å². The molecule has 0 fully saturated rings. The Kier molecular flexibility index (Phi) is 4.37. The summed E-state index contributed by atoms with van der Waals surface area (Å²) in [5, 5.41) is 0. The highest BCUT2D eigenvalue weighted by Gasteiger charge is 2.31. The summed E-state index contributed by atoms with van der Waals surface area (Å²) in [4.78, 5) is 0. The van der Waals surface area contributed by atoms with Gasteiger partial charge in [-0.2, -0.15) is 0 Å². The minimum Gasteiger partial charge on any atom is -0.406 e. The van der Waals surface area contributed by atoms with E-state index in [1.165, 1.54) is 12.1 Å². The largest absolute Gasteiger partial charge is 0.573 e. The molecular weight excluding hydrogens is 287 g/mol.